The van der Waals surface area contributed by atoms with Crippen LogP contribution in [0.25, 0.3) is 16.2 Å². The average molecular weight is 464 g/mol. The third kappa shape index (κ3) is 4.54. The number of methoxy groups -OCH3 is 1. The van der Waals surface area contributed by atoms with Crippen LogP contribution >= 0.6 is 11.3 Å². The van der Waals surface area contributed by atoms with Crippen LogP contribution in [0.5, 0.6) is 5.75 Å². The smallest absolute Gasteiger partial charge is 0.139 e. The second-order valence-corrected chi connectivity index (χ2v) is 8.95. The molecule has 2 aromatic carbocycles. The maximum Gasteiger partial charge on any atom is 0.139 e. The van der Waals surface area contributed by atoms with Gasteiger partial charge < -0.3 is 10.1 Å². The molecule has 0 unspecified atom stereocenters. The van der Waals surface area contributed by atoms with Crippen molar-refractivity contribution >= 4 is 22.8 Å². The van der Waals surface area contributed by atoms with E-state index in [9.17, 15) is 0 Å². The van der Waals surface area contributed by atoms with E-state index in [1.165, 1.54) is 5.56 Å². The maximum absolute atomic E-state index is 5.54. The molecule has 5 aromatic rings. The van der Waals surface area contributed by atoms with E-state index in [1.807, 2.05) is 48.5 Å². The van der Waals surface area contributed by atoms with Crippen LogP contribution in [0.15, 0.2) is 85.1 Å². The predicted octanol–water partition coefficient (Wildman–Crippen LogP) is 6.65. The number of thiophene rings is 1. The number of para-hydroxylation sites is 1. The Hall–Kier alpha value is -4.01. The highest BCUT2D eigenvalue weighted by molar-refractivity contribution is 7.16. The summed E-state index contributed by atoms with van der Waals surface area (Å²) in [5.41, 5.74) is 5.23. The predicted molar refractivity (Wildman–Crippen MR) is 141 cm³/mol. The molecule has 5 rings (SSSR count). The lowest BCUT2D eigenvalue weighted by Gasteiger charge is -2.11. The quantitative estimate of drug-likeness (QED) is 0.287. The fraction of sp³-hybridized carbons (Fsp3) is 0.138. The Bertz CT molecular complexity index is 1490. The van der Waals surface area contributed by atoms with Crippen molar-refractivity contribution in [2.75, 3.05) is 12.4 Å². The van der Waals surface area contributed by atoms with Crippen molar-refractivity contribution in [3.8, 4) is 28.2 Å². The Morgan fingerprint density at radius 1 is 0.971 bits per heavy atom. The number of pyridine rings is 1. The molecule has 0 spiro atoms. The number of rotatable bonds is 6. The van der Waals surface area contributed by atoms with E-state index >= 15 is 0 Å². The van der Waals surface area contributed by atoms with Crippen molar-refractivity contribution in [2.45, 2.75) is 19.9 Å². The molecule has 0 aliphatic carbocycles. The minimum Gasteiger partial charge on any atom is -0.496 e. The molecule has 3 aromatic heterocycles. The van der Waals surface area contributed by atoms with E-state index in [0.717, 1.165) is 50.2 Å². The standard InChI is InChI=1S/C29H25N3OS/c1-3-21-17-18-32-27(19-21)31-28(29(32)30-20-23-11-7-8-12-25(23)33-2)26-16-15-24(34-26)14-13-22-9-5-4-6-10-22/h4-12,15-19,30H,3,20H2,1-2H3. The van der Waals surface area contributed by atoms with Crippen molar-refractivity contribution in [3.05, 3.63) is 107 Å². The van der Waals surface area contributed by atoms with Crippen LogP contribution in [0.3, 0.4) is 0 Å². The van der Waals surface area contributed by atoms with Gasteiger partial charge in [0, 0.05) is 23.9 Å². The van der Waals surface area contributed by atoms with Gasteiger partial charge in [-0.3, -0.25) is 4.40 Å². The van der Waals surface area contributed by atoms with Crippen LogP contribution in [0.4, 0.5) is 5.82 Å². The van der Waals surface area contributed by atoms with Crippen LogP contribution in [0.1, 0.15) is 28.5 Å². The summed E-state index contributed by atoms with van der Waals surface area (Å²) in [6.07, 6.45) is 3.07. The lowest BCUT2D eigenvalue weighted by atomic mass is 10.2. The van der Waals surface area contributed by atoms with Crippen molar-refractivity contribution in [1.82, 2.24) is 9.38 Å². The Balaban J connectivity index is 1.51. The monoisotopic (exact) mass is 463 g/mol. The van der Waals surface area contributed by atoms with E-state index < -0.39 is 0 Å². The normalized spacial score (nSPS) is 10.6. The third-order valence-corrected chi connectivity index (χ3v) is 6.69. The zero-order valence-electron chi connectivity index (χ0n) is 19.2. The molecule has 4 nitrogen and oxygen atoms in total. The molecular weight excluding hydrogens is 438 g/mol. The number of hydrogen-bond acceptors (Lipinski definition) is 4. The first kappa shape index (κ1) is 21.8. The summed E-state index contributed by atoms with van der Waals surface area (Å²) in [7, 11) is 1.70. The zero-order valence-corrected chi connectivity index (χ0v) is 20.0. The second kappa shape index (κ2) is 9.86. The van der Waals surface area contributed by atoms with Gasteiger partial charge in [-0.1, -0.05) is 55.2 Å². The second-order valence-electron chi connectivity index (χ2n) is 7.87. The number of fused-ring (bicyclic) bond motifs is 1. The summed E-state index contributed by atoms with van der Waals surface area (Å²) in [6, 6.07) is 26.6. The topological polar surface area (TPSA) is 38.6 Å². The lowest BCUT2D eigenvalue weighted by Crippen LogP contribution is -2.04. The van der Waals surface area contributed by atoms with E-state index in [2.05, 4.69) is 65.0 Å². The van der Waals surface area contributed by atoms with Crippen LogP contribution in [0, 0.1) is 11.8 Å². The summed E-state index contributed by atoms with van der Waals surface area (Å²) >= 11 is 1.66. The number of aryl methyl sites for hydroxylation is 1. The number of nitrogens with one attached hydrogen (secondary N) is 1. The van der Waals surface area contributed by atoms with Gasteiger partial charge in [-0.25, -0.2) is 4.98 Å². The van der Waals surface area contributed by atoms with Crippen molar-refractivity contribution in [1.29, 1.82) is 0 Å². The van der Waals surface area contributed by atoms with Gasteiger partial charge in [0.15, 0.2) is 0 Å². The van der Waals surface area contributed by atoms with Crippen molar-refractivity contribution < 1.29 is 4.74 Å². The number of hydrogen-bond donors (Lipinski definition) is 1. The van der Waals surface area contributed by atoms with Crippen LogP contribution < -0.4 is 10.1 Å². The number of nitrogens with zero attached hydrogens (tertiary/aromatic N) is 2. The number of imidazole rings is 1. The van der Waals surface area contributed by atoms with Crippen LogP contribution in [-0.2, 0) is 13.0 Å². The molecule has 5 heteroatoms. The number of benzene rings is 2. The van der Waals surface area contributed by atoms with Gasteiger partial charge in [-0.2, -0.15) is 0 Å². The Morgan fingerprint density at radius 2 is 1.79 bits per heavy atom. The Kier molecular flexibility index (Phi) is 6.33. The van der Waals surface area contributed by atoms with Gasteiger partial charge in [-0.05, 0) is 54.4 Å². The molecule has 0 aliphatic rings. The van der Waals surface area contributed by atoms with Gasteiger partial charge in [0.05, 0.1) is 16.9 Å². The largest absolute Gasteiger partial charge is 0.496 e. The fourth-order valence-electron chi connectivity index (χ4n) is 3.86. The first-order chi connectivity index (χ1) is 16.7. The van der Waals surface area contributed by atoms with Crippen molar-refractivity contribution in [3.63, 3.8) is 0 Å². The summed E-state index contributed by atoms with van der Waals surface area (Å²) in [5, 5.41) is 3.62. The number of anilines is 1. The number of ether oxygens (including phenoxy) is 1. The molecule has 34 heavy (non-hydrogen) atoms. The maximum atomic E-state index is 5.54. The zero-order chi connectivity index (χ0) is 23.3. The molecule has 0 fully saturated rings. The van der Waals surface area contributed by atoms with Crippen LogP contribution in [0.2, 0.25) is 0 Å². The first-order valence-electron chi connectivity index (χ1n) is 11.3. The number of aromatic nitrogens is 2. The van der Waals surface area contributed by atoms with E-state index in [4.69, 9.17) is 9.72 Å². The van der Waals surface area contributed by atoms with Crippen molar-refractivity contribution in [2.24, 2.45) is 0 Å². The minimum absolute atomic E-state index is 0.631. The van der Waals surface area contributed by atoms with E-state index in [0.29, 0.717) is 6.54 Å². The summed E-state index contributed by atoms with van der Waals surface area (Å²) in [4.78, 5) is 7.11. The summed E-state index contributed by atoms with van der Waals surface area (Å²) in [5.74, 6) is 8.37. The van der Waals surface area contributed by atoms with Gasteiger partial charge >= 0.3 is 0 Å². The van der Waals surface area contributed by atoms with Gasteiger partial charge in [0.2, 0.25) is 0 Å². The molecule has 1 N–H and O–H groups in total. The highest BCUT2D eigenvalue weighted by Crippen LogP contribution is 2.34. The van der Waals surface area contributed by atoms with Gasteiger partial charge in [0.1, 0.15) is 22.9 Å². The van der Waals surface area contributed by atoms with Gasteiger partial charge in [-0.15, -0.1) is 11.3 Å². The molecule has 0 aliphatic heterocycles. The molecule has 0 saturated carbocycles. The Morgan fingerprint density at radius 3 is 2.62 bits per heavy atom. The third-order valence-electron chi connectivity index (χ3n) is 5.68. The molecule has 0 atom stereocenters. The molecule has 0 radical (unpaired) electrons. The molecule has 3 heterocycles. The van der Waals surface area contributed by atoms with Crippen LogP contribution in [-0.4, -0.2) is 16.5 Å². The van der Waals surface area contributed by atoms with Gasteiger partial charge in [0.25, 0.3) is 0 Å². The fourth-order valence-corrected chi connectivity index (χ4v) is 4.71. The Labute approximate surface area is 203 Å². The van der Waals surface area contributed by atoms with E-state index in [1.54, 1.807) is 18.4 Å². The highest BCUT2D eigenvalue weighted by atomic mass is 32.1. The lowest BCUT2D eigenvalue weighted by molar-refractivity contribution is 0.410. The summed E-state index contributed by atoms with van der Waals surface area (Å²) in [6.45, 7) is 2.79. The molecule has 0 amide bonds. The molecular formula is C29H25N3OS. The average Bonchev–Trinajstić information content (AvgIpc) is 3.51. The SMILES string of the molecule is CCc1ccn2c(NCc3ccccc3OC)c(-c3ccc(C#Cc4ccccc4)s3)nc2c1. The minimum atomic E-state index is 0.631. The highest BCUT2D eigenvalue weighted by Gasteiger charge is 2.16. The summed E-state index contributed by atoms with van der Waals surface area (Å²) < 4.78 is 7.66. The molecule has 0 saturated heterocycles. The van der Waals surface area contributed by atoms with E-state index in [-0.39, 0.29) is 0 Å². The molecule has 168 valence electrons. The molecule has 0 bridgehead atoms. The first-order valence-corrected chi connectivity index (χ1v) is 12.1.